The van der Waals surface area contributed by atoms with Crippen molar-refractivity contribution >= 4 is 17.7 Å². The van der Waals surface area contributed by atoms with Gasteiger partial charge in [-0.1, -0.05) is 12.1 Å². The highest BCUT2D eigenvalue weighted by molar-refractivity contribution is 5.97. The summed E-state index contributed by atoms with van der Waals surface area (Å²) in [5.74, 6) is -0.547. The van der Waals surface area contributed by atoms with Crippen LogP contribution in [0.4, 0.5) is 0 Å². The molecule has 2 heterocycles. The highest BCUT2D eigenvalue weighted by Crippen LogP contribution is 2.43. The van der Waals surface area contributed by atoms with Crippen molar-refractivity contribution in [2.75, 3.05) is 46.9 Å². The van der Waals surface area contributed by atoms with Gasteiger partial charge >= 0.3 is 0 Å². The molecule has 2 aliphatic rings. The fraction of sp³-hybridized carbons (Fsp3) is 0.591. The minimum atomic E-state index is -0.655. The van der Waals surface area contributed by atoms with E-state index in [0.717, 1.165) is 24.9 Å². The van der Waals surface area contributed by atoms with E-state index in [4.69, 9.17) is 9.84 Å². The van der Waals surface area contributed by atoms with Crippen molar-refractivity contribution < 1.29 is 24.2 Å². The number of nitrogens with one attached hydrogen (secondary N) is 2. The molecule has 1 aromatic carbocycles. The lowest BCUT2D eigenvalue weighted by atomic mass is 9.92. The van der Waals surface area contributed by atoms with Gasteiger partial charge in [-0.15, -0.1) is 0 Å². The number of hydrogen-bond acceptors (Lipinski definition) is 6. The zero-order chi connectivity index (χ0) is 22.4. The number of ether oxygens (including phenoxy) is 1. The van der Waals surface area contributed by atoms with Crippen molar-refractivity contribution in [2.24, 2.45) is 5.92 Å². The number of aliphatic hydroxyl groups excluding tert-OH is 1. The summed E-state index contributed by atoms with van der Waals surface area (Å²) < 4.78 is 5.51. The summed E-state index contributed by atoms with van der Waals surface area (Å²) in [4.78, 5) is 41.9. The van der Waals surface area contributed by atoms with Gasteiger partial charge in [0, 0.05) is 6.54 Å². The molecule has 3 amide bonds. The summed E-state index contributed by atoms with van der Waals surface area (Å²) in [5.41, 5.74) is 0.744. The van der Waals surface area contributed by atoms with Gasteiger partial charge in [0.1, 0.15) is 18.4 Å². The summed E-state index contributed by atoms with van der Waals surface area (Å²) in [6.07, 6.45) is 2.12. The number of fused-ring (bicyclic) bond motifs is 1. The summed E-state index contributed by atoms with van der Waals surface area (Å²) in [5, 5.41) is 14.6. The monoisotopic (exact) mass is 432 g/mol. The lowest BCUT2D eigenvalue weighted by molar-refractivity contribution is -0.145. The number of carbonyl (C=O) groups is 3. The van der Waals surface area contributed by atoms with Crippen LogP contribution in [0.15, 0.2) is 24.3 Å². The number of hydrogen-bond donors (Lipinski definition) is 3. The highest BCUT2D eigenvalue weighted by atomic mass is 16.5. The molecule has 0 unspecified atom stereocenters. The third-order valence-corrected chi connectivity index (χ3v) is 5.73. The molecular formula is C22H32N4O5. The van der Waals surface area contributed by atoms with Crippen molar-refractivity contribution in [3.05, 3.63) is 29.8 Å². The van der Waals surface area contributed by atoms with Crippen LogP contribution in [-0.4, -0.2) is 85.6 Å². The van der Waals surface area contributed by atoms with E-state index in [1.54, 1.807) is 23.1 Å². The second-order valence-electron chi connectivity index (χ2n) is 8.27. The molecule has 2 aliphatic heterocycles. The number of rotatable bonds is 10. The third-order valence-electron chi connectivity index (χ3n) is 5.73. The van der Waals surface area contributed by atoms with Gasteiger partial charge in [0.2, 0.25) is 17.7 Å². The van der Waals surface area contributed by atoms with Crippen molar-refractivity contribution in [1.82, 2.24) is 20.4 Å². The number of nitrogens with zero attached hydrogens (tertiary/aromatic N) is 2. The lowest BCUT2D eigenvalue weighted by Crippen LogP contribution is -2.56. The largest absolute Gasteiger partial charge is 0.491 e. The quantitative estimate of drug-likeness (QED) is 0.446. The van der Waals surface area contributed by atoms with E-state index in [2.05, 4.69) is 15.5 Å². The van der Waals surface area contributed by atoms with Crippen molar-refractivity contribution in [3.8, 4) is 5.75 Å². The maximum atomic E-state index is 13.1. The Labute approximate surface area is 182 Å². The third kappa shape index (κ3) is 5.54. The maximum Gasteiger partial charge on any atom is 0.243 e. The molecule has 2 fully saturated rings. The molecule has 31 heavy (non-hydrogen) atoms. The predicted molar refractivity (Wildman–Crippen MR) is 114 cm³/mol. The maximum absolute atomic E-state index is 13.1. The number of aliphatic hydroxyl groups is 1. The Morgan fingerprint density at radius 3 is 2.87 bits per heavy atom. The lowest BCUT2D eigenvalue weighted by Gasteiger charge is -2.34. The minimum Gasteiger partial charge on any atom is -0.491 e. The molecule has 9 nitrogen and oxygen atoms in total. The Bertz CT molecular complexity index is 800. The smallest absolute Gasteiger partial charge is 0.243 e. The van der Waals surface area contributed by atoms with Crippen LogP contribution in [0.3, 0.4) is 0 Å². The van der Waals surface area contributed by atoms with Crippen molar-refractivity contribution in [3.63, 3.8) is 0 Å². The standard InChI is InChI=1S/C22H32N4O5/c1-25(2)9-4-3-8-23-21(29)17-13-18-22(30)24-14-19(28)26(18)20(17)15-6-5-7-16(12-15)31-11-10-27/h5-7,12,17-18,20,27H,3-4,8-11,13-14H2,1-2H3,(H,23,29)(H,24,30)/t17-,18-,20-/m1/s1. The molecule has 1 aromatic rings. The molecule has 0 bridgehead atoms. The van der Waals surface area contributed by atoms with Crippen LogP contribution < -0.4 is 15.4 Å². The van der Waals surface area contributed by atoms with Gasteiger partial charge in [-0.3, -0.25) is 14.4 Å². The topological polar surface area (TPSA) is 111 Å². The summed E-state index contributed by atoms with van der Waals surface area (Å²) in [6, 6.07) is 5.98. The molecular weight excluding hydrogens is 400 g/mol. The Hall–Kier alpha value is -2.65. The van der Waals surface area contributed by atoms with E-state index >= 15 is 0 Å². The van der Waals surface area contributed by atoms with Crippen LogP contribution >= 0.6 is 0 Å². The molecule has 3 N–H and O–H groups in total. The molecule has 9 heteroatoms. The molecule has 3 rings (SSSR count). The van der Waals surface area contributed by atoms with Gasteiger partial charge in [0.25, 0.3) is 0 Å². The first kappa shape index (κ1) is 23.0. The Kier molecular flexibility index (Phi) is 7.86. The van der Waals surface area contributed by atoms with Crippen LogP contribution in [0.25, 0.3) is 0 Å². The molecule has 3 atom stereocenters. The van der Waals surface area contributed by atoms with Crippen LogP contribution in [0, 0.1) is 5.92 Å². The fourth-order valence-electron chi connectivity index (χ4n) is 4.30. The fourth-order valence-corrected chi connectivity index (χ4v) is 4.30. The van der Waals surface area contributed by atoms with E-state index in [0.29, 0.717) is 12.3 Å². The second kappa shape index (κ2) is 10.6. The number of amides is 3. The molecule has 0 radical (unpaired) electrons. The van der Waals surface area contributed by atoms with Gasteiger partial charge < -0.3 is 30.3 Å². The first-order valence-corrected chi connectivity index (χ1v) is 10.8. The van der Waals surface area contributed by atoms with Crippen LogP contribution in [0.2, 0.25) is 0 Å². The average Bonchev–Trinajstić information content (AvgIpc) is 3.16. The van der Waals surface area contributed by atoms with Crippen molar-refractivity contribution in [1.29, 1.82) is 0 Å². The van der Waals surface area contributed by atoms with Crippen LogP contribution in [-0.2, 0) is 14.4 Å². The van der Waals surface area contributed by atoms with Gasteiger partial charge in [0.15, 0.2) is 0 Å². The van der Waals surface area contributed by atoms with E-state index in [-0.39, 0.29) is 43.9 Å². The first-order valence-electron chi connectivity index (χ1n) is 10.8. The summed E-state index contributed by atoms with van der Waals surface area (Å²) >= 11 is 0. The number of carbonyl (C=O) groups excluding carboxylic acids is 3. The first-order chi connectivity index (χ1) is 14.9. The predicted octanol–water partition coefficient (Wildman–Crippen LogP) is -0.0963. The Balaban J connectivity index is 1.79. The molecule has 170 valence electrons. The van der Waals surface area contributed by atoms with Crippen LogP contribution in [0.1, 0.15) is 30.9 Å². The van der Waals surface area contributed by atoms with E-state index in [9.17, 15) is 14.4 Å². The van der Waals surface area contributed by atoms with Crippen LogP contribution in [0.5, 0.6) is 5.75 Å². The van der Waals surface area contributed by atoms with E-state index in [1.165, 1.54) is 0 Å². The van der Waals surface area contributed by atoms with Gasteiger partial charge in [-0.2, -0.15) is 0 Å². The highest BCUT2D eigenvalue weighted by Gasteiger charge is 2.52. The minimum absolute atomic E-state index is 0.0641. The summed E-state index contributed by atoms with van der Waals surface area (Å²) in [7, 11) is 4.02. The molecule has 0 spiro atoms. The number of piperazine rings is 1. The van der Waals surface area contributed by atoms with E-state index < -0.39 is 18.0 Å². The SMILES string of the molecule is CN(C)CCCCNC(=O)[C@@H]1C[C@@H]2C(=O)NCC(=O)N2[C@@H]1c1cccc(OCCO)c1. The van der Waals surface area contributed by atoms with Gasteiger partial charge in [0.05, 0.1) is 25.1 Å². The average molecular weight is 433 g/mol. The zero-order valence-electron chi connectivity index (χ0n) is 18.2. The molecule has 2 saturated heterocycles. The zero-order valence-corrected chi connectivity index (χ0v) is 18.2. The second-order valence-corrected chi connectivity index (χ2v) is 8.27. The Morgan fingerprint density at radius 1 is 1.32 bits per heavy atom. The normalized spacial score (nSPS) is 23.0. The van der Waals surface area contributed by atoms with Gasteiger partial charge in [-0.05, 0) is 57.6 Å². The molecule has 0 saturated carbocycles. The number of unbranched alkanes of at least 4 members (excludes halogenated alkanes) is 1. The molecule has 0 aliphatic carbocycles. The Morgan fingerprint density at radius 2 is 2.13 bits per heavy atom. The molecule has 0 aromatic heterocycles. The summed E-state index contributed by atoms with van der Waals surface area (Å²) in [6.45, 7) is 1.48. The van der Waals surface area contributed by atoms with Gasteiger partial charge in [-0.25, -0.2) is 0 Å². The number of benzene rings is 1. The van der Waals surface area contributed by atoms with Crippen molar-refractivity contribution in [2.45, 2.75) is 31.3 Å². The van der Waals surface area contributed by atoms with E-state index in [1.807, 2.05) is 20.2 Å².